The average molecular weight is 337 g/mol. The Bertz CT molecular complexity index is 857. The van der Waals surface area contributed by atoms with E-state index in [1.807, 2.05) is 18.5 Å². The highest BCUT2D eigenvalue weighted by atomic mass is 16.5. The van der Waals surface area contributed by atoms with Crippen LogP contribution in [0.15, 0.2) is 41.1 Å². The van der Waals surface area contributed by atoms with Crippen LogP contribution in [-0.4, -0.2) is 34.1 Å². The molecule has 0 amide bonds. The Morgan fingerprint density at radius 1 is 1.16 bits per heavy atom. The third-order valence-corrected chi connectivity index (χ3v) is 5.29. The molecule has 130 valence electrons. The normalized spacial score (nSPS) is 19.5. The van der Waals surface area contributed by atoms with Gasteiger partial charge in [0.1, 0.15) is 17.6 Å². The SMILES string of the molecule is c1cc(OC2CCN(Cc3ncc(C4CC4)o3)CC2)c2cc[nH]c2c1. The van der Waals surface area contributed by atoms with Crippen LogP contribution in [-0.2, 0) is 6.54 Å². The lowest BCUT2D eigenvalue weighted by atomic mass is 10.1. The molecular formula is C20H23N3O2. The third kappa shape index (κ3) is 3.16. The minimum absolute atomic E-state index is 0.281. The van der Waals surface area contributed by atoms with Gasteiger partial charge in [0.15, 0.2) is 0 Å². The Labute approximate surface area is 147 Å². The van der Waals surface area contributed by atoms with Crippen molar-refractivity contribution < 1.29 is 9.15 Å². The Kier molecular flexibility index (Phi) is 3.74. The number of piperidine rings is 1. The van der Waals surface area contributed by atoms with Crippen molar-refractivity contribution in [2.45, 2.75) is 44.2 Å². The summed E-state index contributed by atoms with van der Waals surface area (Å²) in [5, 5.41) is 1.16. The first-order chi connectivity index (χ1) is 12.3. The van der Waals surface area contributed by atoms with E-state index in [1.165, 1.54) is 12.8 Å². The molecule has 2 aliphatic rings. The van der Waals surface area contributed by atoms with Gasteiger partial charge in [-0.2, -0.15) is 0 Å². The molecule has 1 aliphatic carbocycles. The number of rotatable bonds is 5. The van der Waals surface area contributed by atoms with Crippen LogP contribution in [0.1, 0.15) is 43.3 Å². The van der Waals surface area contributed by atoms with Gasteiger partial charge in [0.2, 0.25) is 5.89 Å². The fraction of sp³-hybridized carbons (Fsp3) is 0.450. The summed E-state index contributed by atoms with van der Waals surface area (Å²) in [6, 6.07) is 8.27. The third-order valence-electron chi connectivity index (χ3n) is 5.29. The van der Waals surface area contributed by atoms with Crippen LogP contribution in [0.4, 0.5) is 0 Å². The van der Waals surface area contributed by atoms with E-state index in [0.717, 1.165) is 60.8 Å². The molecule has 3 heterocycles. The van der Waals surface area contributed by atoms with Gasteiger partial charge in [0.05, 0.1) is 12.7 Å². The molecule has 0 unspecified atom stereocenters. The maximum Gasteiger partial charge on any atom is 0.208 e. The molecule has 5 rings (SSSR count). The summed E-state index contributed by atoms with van der Waals surface area (Å²) in [6.07, 6.45) is 8.75. The monoisotopic (exact) mass is 337 g/mol. The fourth-order valence-corrected chi connectivity index (χ4v) is 3.67. The predicted octanol–water partition coefficient (Wildman–Crippen LogP) is 4.08. The van der Waals surface area contributed by atoms with Gasteiger partial charge >= 0.3 is 0 Å². The van der Waals surface area contributed by atoms with Crippen LogP contribution in [0.5, 0.6) is 5.75 Å². The Morgan fingerprint density at radius 2 is 2.04 bits per heavy atom. The van der Waals surface area contributed by atoms with Crippen molar-refractivity contribution >= 4 is 10.9 Å². The number of fused-ring (bicyclic) bond motifs is 1. The zero-order chi connectivity index (χ0) is 16.6. The number of oxazole rings is 1. The van der Waals surface area contributed by atoms with Gasteiger partial charge in [0, 0.05) is 36.1 Å². The molecule has 1 N–H and O–H groups in total. The highest BCUT2D eigenvalue weighted by Gasteiger charge is 2.28. The second kappa shape index (κ2) is 6.23. The van der Waals surface area contributed by atoms with Crippen LogP contribution in [0, 0.1) is 0 Å². The van der Waals surface area contributed by atoms with Crippen LogP contribution in [0.3, 0.4) is 0 Å². The lowest BCUT2D eigenvalue weighted by molar-refractivity contribution is 0.0927. The maximum absolute atomic E-state index is 6.28. The summed E-state index contributed by atoms with van der Waals surface area (Å²) in [7, 11) is 0. The maximum atomic E-state index is 6.28. The summed E-state index contributed by atoms with van der Waals surface area (Å²) in [4.78, 5) is 10.1. The van der Waals surface area contributed by atoms with Crippen molar-refractivity contribution in [3.05, 3.63) is 48.3 Å². The molecule has 5 heteroatoms. The summed E-state index contributed by atoms with van der Waals surface area (Å²) in [6.45, 7) is 2.86. The number of aromatic nitrogens is 2. The number of ether oxygens (including phenoxy) is 1. The molecule has 0 atom stereocenters. The van der Waals surface area contributed by atoms with Gasteiger partial charge in [-0.3, -0.25) is 4.90 Å². The van der Waals surface area contributed by atoms with E-state index in [-0.39, 0.29) is 6.10 Å². The smallest absolute Gasteiger partial charge is 0.208 e. The second-order valence-electron chi connectivity index (χ2n) is 7.22. The minimum atomic E-state index is 0.281. The Balaban J connectivity index is 1.17. The Hall–Kier alpha value is -2.27. The van der Waals surface area contributed by atoms with Crippen molar-refractivity contribution in [1.29, 1.82) is 0 Å². The lowest BCUT2D eigenvalue weighted by Crippen LogP contribution is -2.37. The summed E-state index contributed by atoms with van der Waals surface area (Å²) < 4.78 is 12.2. The van der Waals surface area contributed by atoms with Gasteiger partial charge in [-0.25, -0.2) is 4.98 Å². The fourth-order valence-electron chi connectivity index (χ4n) is 3.67. The van der Waals surface area contributed by atoms with Crippen LogP contribution in [0.25, 0.3) is 10.9 Å². The molecule has 0 spiro atoms. The standard InChI is InChI=1S/C20H23N3O2/c1-2-17-16(6-9-21-17)18(3-1)24-15-7-10-23(11-8-15)13-20-22-12-19(25-20)14-4-5-14/h1-3,6,9,12,14-15,21H,4-5,7-8,10-11,13H2. The number of aromatic amines is 1. The molecule has 1 aliphatic heterocycles. The molecule has 1 saturated carbocycles. The molecule has 2 fully saturated rings. The zero-order valence-electron chi connectivity index (χ0n) is 14.3. The number of hydrogen-bond donors (Lipinski definition) is 1. The van der Waals surface area contributed by atoms with Crippen molar-refractivity contribution in [1.82, 2.24) is 14.9 Å². The minimum Gasteiger partial charge on any atom is -0.490 e. The average Bonchev–Trinajstić information content (AvgIpc) is 3.18. The van der Waals surface area contributed by atoms with E-state index >= 15 is 0 Å². The van der Waals surface area contributed by atoms with Gasteiger partial charge in [-0.15, -0.1) is 0 Å². The first-order valence-electron chi connectivity index (χ1n) is 9.25. The molecule has 1 saturated heterocycles. The van der Waals surface area contributed by atoms with E-state index < -0.39 is 0 Å². The number of likely N-dealkylation sites (tertiary alicyclic amines) is 1. The molecule has 0 radical (unpaired) electrons. The number of nitrogens with zero attached hydrogens (tertiary/aromatic N) is 2. The zero-order valence-corrected chi connectivity index (χ0v) is 14.3. The largest absolute Gasteiger partial charge is 0.490 e. The van der Waals surface area contributed by atoms with Gasteiger partial charge in [-0.1, -0.05) is 6.07 Å². The van der Waals surface area contributed by atoms with E-state index in [4.69, 9.17) is 9.15 Å². The van der Waals surface area contributed by atoms with Crippen molar-refractivity contribution in [3.63, 3.8) is 0 Å². The van der Waals surface area contributed by atoms with Crippen molar-refractivity contribution in [3.8, 4) is 5.75 Å². The summed E-state index contributed by atoms with van der Waals surface area (Å²) in [5.74, 6) is 3.56. The van der Waals surface area contributed by atoms with E-state index in [0.29, 0.717) is 5.92 Å². The van der Waals surface area contributed by atoms with Crippen LogP contribution in [0.2, 0.25) is 0 Å². The molecule has 3 aromatic rings. The van der Waals surface area contributed by atoms with Gasteiger partial charge in [0.25, 0.3) is 0 Å². The number of H-pyrrole nitrogens is 1. The topological polar surface area (TPSA) is 54.3 Å². The van der Waals surface area contributed by atoms with Gasteiger partial charge in [-0.05, 0) is 43.9 Å². The second-order valence-corrected chi connectivity index (χ2v) is 7.22. The van der Waals surface area contributed by atoms with Gasteiger partial charge < -0.3 is 14.1 Å². The van der Waals surface area contributed by atoms with Crippen LogP contribution >= 0.6 is 0 Å². The molecule has 25 heavy (non-hydrogen) atoms. The highest BCUT2D eigenvalue weighted by molar-refractivity contribution is 5.85. The molecule has 2 aromatic heterocycles. The van der Waals surface area contributed by atoms with E-state index in [1.54, 1.807) is 0 Å². The number of benzene rings is 1. The Morgan fingerprint density at radius 3 is 2.88 bits per heavy atom. The lowest BCUT2D eigenvalue weighted by Gasteiger charge is -2.31. The molecular weight excluding hydrogens is 314 g/mol. The first kappa shape index (κ1) is 15.0. The molecule has 5 nitrogen and oxygen atoms in total. The number of hydrogen-bond acceptors (Lipinski definition) is 4. The summed E-state index contributed by atoms with van der Waals surface area (Å²) in [5.41, 5.74) is 1.13. The van der Waals surface area contributed by atoms with E-state index in [2.05, 4.69) is 33.1 Å². The predicted molar refractivity (Wildman–Crippen MR) is 95.7 cm³/mol. The van der Waals surface area contributed by atoms with Crippen molar-refractivity contribution in [2.24, 2.45) is 0 Å². The number of nitrogens with one attached hydrogen (secondary N) is 1. The molecule has 1 aromatic carbocycles. The molecule has 0 bridgehead atoms. The van der Waals surface area contributed by atoms with Crippen LogP contribution < -0.4 is 4.74 Å². The quantitative estimate of drug-likeness (QED) is 0.762. The highest BCUT2D eigenvalue weighted by Crippen LogP contribution is 2.40. The first-order valence-corrected chi connectivity index (χ1v) is 9.25. The summed E-state index contributed by atoms with van der Waals surface area (Å²) >= 11 is 0. The van der Waals surface area contributed by atoms with E-state index in [9.17, 15) is 0 Å². The van der Waals surface area contributed by atoms with Crippen molar-refractivity contribution in [2.75, 3.05) is 13.1 Å².